The van der Waals surface area contributed by atoms with Crippen molar-refractivity contribution in [1.82, 2.24) is 5.32 Å². The summed E-state index contributed by atoms with van der Waals surface area (Å²) in [7, 11) is -4.66. The van der Waals surface area contributed by atoms with Gasteiger partial charge in [0.05, 0.1) is 10.8 Å². The molecule has 0 spiro atoms. The summed E-state index contributed by atoms with van der Waals surface area (Å²) in [5.41, 5.74) is -10.4. The normalized spacial score (nSPS) is 28.6. The molecule has 2 aromatic carbocycles. The van der Waals surface area contributed by atoms with Crippen LogP contribution in [-0.2, 0) is 36.3 Å². The third-order valence-electron chi connectivity index (χ3n) is 10.1. The Morgan fingerprint density at radius 1 is 0.851 bits per heavy atom. The molecule has 6 nitrogen and oxygen atoms in total. The smallest absolute Gasteiger partial charge is 0.435 e. The molecule has 2 fully saturated rings. The third kappa shape index (κ3) is 5.57. The maximum atomic E-state index is 15.8. The van der Waals surface area contributed by atoms with E-state index >= 15 is 8.78 Å². The van der Waals surface area contributed by atoms with Crippen LogP contribution in [0.3, 0.4) is 0 Å². The Bertz CT molecular complexity index is 1640. The summed E-state index contributed by atoms with van der Waals surface area (Å²) >= 11 is 0. The third-order valence-corrected chi connectivity index (χ3v) is 12.6. The molecule has 5 rings (SSSR count). The van der Waals surface area contributed by atoms with Gasteiger partial charge in [-0.1, -0.05) is 18.2 Å². The number of alkyl halides is 8. The SMILES string of the molecule is O=C(O)C1CCC(F)(C(=O)N[C@@H]2CC[C@@]3(S(=O)(=O)c4ccc(F)cc4)c4ccc(C(F)(C(F)(F)F)C(F)(F)F)cc4CCC[C@@H]23)CC1. The Kier molecular flexibility index (Phi) is 8.71. The second-order valence-corrected chi connectivity index (χ2v) is 14.8. The van der Waals surface area contributed by atoms with Gasteiger partial charge < -0.3 is 10.4 Å². The molecule has 0 unspecified atom stereocenters. The zero-order valence-corrected chi connectivity index (χ0v) is 25.3. The predicted octanol–water partition coefficient (Wildman–Crippen LogP) is 7.00. The molecule has 0 saturated heterocycles. The molecule has 3 atom stereocenters. The van der Waals surface area contributed by atoms with Gasteiger partial charge in [-0.3, -0.25) is 9.59 Å². The number of carboxylic acid groups (broad SMARTS) is 1. The lowest BCUT2D eigenvalue weighted by Gasteiger charge is -2.39. The Labute approximate surface area is 263 Å². The lowest BCUT2D eigenvalue weighted by molar-refractivity contribution is -0.348. The molecule has 0 heterocycles. The first-order chi connectivity index (χ1) is 21.7. The fourth-order valence-corrected chi connectivity index (χ4v) is 10.1. The first kappa shape index (κ1) is 35.0. The molecular weight excluding hydrogens is 669 g/mol. The van der Waals surface area contributed by atoms with Crippen LogP contribution in [0.25, 0.3) is 0 Å². The highest BCUT2D eigenvalue weighted by Gasteiger charge is 2.73. The fourth-order valence-electron chi connectivity index (χ4n) is 7.60. The average Bonchev–Trinajstić information content (AvgIpc) is 3.25. The molecule has 3 aliphatic rings. The van der Waals surface area contributed by atoms with Crippen LogP contribution >= 0.6 is 0 Å². The second kappa shape index (κ2) is 11.7. The van der Waals surface area contributed by atoms with Crippen LogP contribution in [0.5, 0.6) is 0 Å². The van der Waals surface area contributed by atoms with Gasteiger partial charge in [-0.05, 0) is 93.2 Å². The summed E-state index contributed by atoms with van der Waals surface area (Å²) < 4.78 is 153. The Morgan fingerprint density at radius 2 is 1.45 bits per heavy atom. The maximum absolute atomic E-state index is 15.8. The number of hydrogen-bond acceptors (Lipinski definition) is 4. The number of nitrogens with one attached hydrogen (secondary N) is 1. The summed E-state index contributed by atoms with van der Waals surface area (Å²) in [6, 6.07) is 3.98. The monoisotopic (exact) mass is 699 g/mol. The number of aliphatic carboxylic acids is 1. The van der Waals surface area contributed by atoms with E-state index in [1.165, 1.54) is 0 Å². The number of carbonyl (C=O) groups is 2. The van der Waals surface area contributed by atoms with Crippen molar-refractivity contribution >= 4 is 21.7 Å². The van der Waals surface area contributed by atoms with E-state index in [9.17, 15) is 53.8 Å². The number of rotatable bonds is 6. The minimum absolute atomic E-state index is 0.00651. The number of carbonyl (C=O) groups excluding carboxylic acids is 1. The summed E-state index contributed by atoms with van der Waals surface area (Å²) in [4.78, 5) is 24.2. The van der Waals surface area contributed by atoms with Crippen LogP contribution in [0.2, 0.25) is 0 Å². The van der Waals surface area contributed by atoms with Crippen molar-refractivity contribution in [3.05, 3.63) is 65.0 Å². The molecule has 0 bridgehead atoms. The molecule has 2 aromatic rings. The van der Waals surface area contributed by atoms with Crippen LogP contribution < -0.4 is 5.32 Å². The first-order valence-corrected chi connectivity index (χ1v) is 16.4. The number of hydrogen-bond donors (Lipinski definition) is 2. The Hall–Kier alpha value is -3.30. The van der Waals surface area contributed by atoms with Gasteiger partial charge in [-0.15, -0.1) is 0 Å². The van der Waals surface area contributed by atoms with Gasteiger partial charge in [0.2, 0.25) is 0 Å². The van der Waals surface area contributed by atoms with Crippen molar-refractivity contribution < 1.29 is 62.6 Å². The summed E-state index contributed by atoms with van der Waals surface area (Å²) in [5, 5.41) is 11.8. The molecule has 0 radical (unpaired) electrons. The molecule has 2 saturated carbocycles. The van der Waals surface area contributed by atoms with E-state index in [4.69, 9.17) is 0 Å². The number of aryl methyl sites for hydroxylation is 1. The lowest BCUT2D eigenvalue weighted by Crippen LogP contribution is -2.53. The highest BCUT2D eigenvalue weighted by Crippen LogP contribution is 2.58. The molecule has 258 valence electrons. The quantitative estimate of drug-likeness (QED) is 0.250. The van der Waals surface area contributed by atoms with Gasteiger partial charge in [-0.25, -0.2) is 21.6 Å². The second-order valence-electron chi connectivity index (χ2n) is 12.6. The van der Waals surface area contributed by atoms with Gasteiger partial charge in [0.25, 0.3) is 5.91 Å². The van der Waals surface area contributed by atoms with Crippen molar-refractivity contribution in [3.8, 4) is 0 Å². The van der Waals surface area contributed by atoms with E-state index in [-0.39, 0.29) is 62.1 Å². The largest absolute Gasteiger partial charge is 0.481 e. The zero-order valence-electron chi connectivity index (χ0n) is 24.5. The van der Waals surface area contributed by atoms with Crippen LogP contribution in [0.15, 0.2) is 47.4 Å². The lowest BCUT2D eigenvalue weighted by atomic mass is 9.79. The van der Waals surface area contributed by atoms with Crippen LogP contribution in [0.4, 0.5) is 39.5 Å². The highest BCUT2D eigenvalue weighted by atomic mass is 32.2. The molecule has 2 N–H and O–H groups in total. The van der Waals surface area contributed by atoms with Gasteiger partial charge in [-0.2, -0.15) is 26.3 Å². The summed E-state index contributed by atoms with van der Waals surface area (Å²) in [6.45, 7) is 0. The van der Waals surface area contributed by atoms with E-state index in [0.717, 1.165) is 30.3 Å². The van der Waals surface area contributed by atoms with Crippen molar-refractivity contribution in [1.29, 1.82) is 0 Å². The van der Waals surface area contributed by atoms with E-state index < -0.39 is 97.1 Å². The zero-order chi connectivity index (χ0) is 34.8. The van der Waals surface area contributed by atoms with E-state index in [2.05, 4.69) is 5.32 Å². The first-order valence-electron chi connectivity index (χ1n) is 14.9. The van der Waals surface area contributed by atoms with E-state index in [0.29, 0.717) is 6.07 Å². The summed E-state index contributed by atoms with van der Waals surface area (Å²) in [5.74, 6) is -4.92. The van der Waals surface area contributed by atoms with E-state index in [1.54, 1.807) is 0 Å². The van der Waals surface area contributed by atoms with Crippen molar-refractivity contribution in [2.45, 2.75) is 97.2 Å². The predicted molar refractivity (Wildman–Crippen MR) is 148 cm³/mol. The fraction of sp³-hybridized carbons (Fsp3) is 0.548. The Morgan fingerprint density at radius 3 is 2.00 bits per heavy atom. The maximum Gasteiger partial charge on any atom is 0.435 e. The molecule has 16 heteroatoms. The molecule has 47 heavy (non-hydrogen) atoms. The van der Waals surface area contributed by atoms with Crippen LogP contribution in [0, 0.1) is 17.7 Å². The van der Waals surface area contributed by atoms with Gasteiger partial charge in [0.15, 0.2) is 15.5 Å². The number of sulfone groups is 1. The molecule has 1 amide bonds. The topological polar surface area (TPSA) is 101 Å². The molecular formula is C31H30F9NO5S. The van der Waals surface area contributed by atoms with Crippen LogP contribution in [0.1, 0.15) is 68.1 Å². The van der Waals surface area contributed by atoms with Crippen molar-refractivity contribution in [3.63, 3.8) is 0 Å². The number of fused-ring (bicyclic) bond motifs is 3. The minimum Gasteiger partial charge on any atom is -0.481 e. The summed E-state index contributed by atoms with van der Waals surface area (Å²) in [6.07, 6.45) is -14.5. The number of halogens is 9. The highest BCUT2D eigenvalue weighted by molar-refractivity contribution is 7.92. The average molecular weight is 700 g/mol. The number of benzene rings is 2. The van der Waals surface area contributed by atoms with Crippen molar-refractivity contribution in [2.24, 2.45) is 11.8 Å². The van der Waals surface area contributed by atoms with Crippen molar-refractivity contribution in [2.75, 3.05) is 0 Å². The number of carboxylic acids is 1. The van der Waals surface area contributed by atoms with Gasteiger partial charge in [0.1, 0.15) is 10.6 Å². The van der Waals surface area contributed by atoms with Gasteiger partial charge >= 0.3 is 24.0 Å². The molecule has 3 aliphatic carbocycles. The standard InChI is InChI=1S/C31H30F9NO5S/c32-20-5-7-21(8-6-20)47(45,46)28-15-12-24(41-26(44)27(33)13-10-17(11-14-27)25(42)43)23(28)3-1-2-18-16-19(4-9-22(18)28)29(34,30(35,36)37)31(38,39)40/h4-9,16-17,23-24H,1-3,10-15H2,(H,41,44)(H,42,43)/t17?,23-,24+,27?,28+/m0/s1. The number of amides is 1. The van der Waals surface area contributed by atoms with Gasteiger partial charge in [0, 0.05) is 17.5 Å². The molecule has 0 aromatic heterocycles. The van der Waals surface area contributed by atoms with Crippen LogP contribution in [-0.4, -0.2) is 49.5 Å². The van der Waals surface area contributed by atoms with E-state index in [1.807, 2.05) is 0 Å². The minimum atomic E-state index is -6.40. The Balaban J connectivity index is 1.61. The molecule has 0 aliphatic heterocycles.